The highest BCUT2D eigenvalue weighted by Gasteiger charge is 2.26. The number of rotatable bonds is 7. The maximum atomic E-state index is 12.8. The van der Waals surface area contributed by atoms with Crippen LogP contribution in [0.2, 0.25) is 0 Å². The predicted octanol–water partition coefficient (Wildman–Crippen LogP) is 2.22. The largest absolute Gasteiger partial charge is 0.508 e. The number of benzene rings is 2. The van der Waals surface area contributed by atoms with E-state index in [1.54, 1.807) is 67.0 Å². The normalized spacial score (nSPS) is 15.7. The third kappa shape index (κ3) is 5.96. The van der Waals surface area contributed by atoms with Gasteiger partial charge in [-0.05, 0) is 55.3 Å². The molecule has 10 heteroatoms. The Labute approximate surface area is 204 Å². The minimum Gasteiger partial charge on any atom is -0.508 e. The average molecular weight is 495 g/mol. The van der Waals surface area contributed by atoms with Gasteiger partial charge in [-0.2, -0.15) is 0 Å². The molecule has 9 nitrogen and oxygen atoms in total. The molecule has 3 aromatic rings. The van der Waals surface area contributed by atoms with Crippen LogP contribution in [0.15, 0.2) is 73.1 Å². The summed E-state index contributed by atoms with van der Waals surface area (Å²) in [5.74, 6) is 0.186. The second-order valence-electron chi connectivity index (χ2n) is 8.32. The van der Waals surface area contributed by atoms with E-state index in [9.17, 15) is 18.3 Å². The molecule has 182 valence electrons. The highest BCUT2D eigenvalue weighted by Crippen LogP contribution is 2.28. The third-order valence-electron chi connectivity index (χ3n) is 5.84. The molecule has 4 rings (SSSR count). The van der Waals surface area contributed by atoms with E-state index in [1.165, 1.54) is 4.31 Å². The van der Waals surface area contributed by atoms with Crippen LogP contribution < -0.4 is 20.3 Å². The molecule has 1 aromatic heterocycles. The SMILES string of the molecule is [NH2+]=C(CC(NC(=O)Nc1ccc(N2CCCCS2(=O)=O)cc1)c1ccccc1O)c1cccnc1. The van der Waals surface area contributed by atoms with Crippen molar-refractivity contribution in [3.63, 3.8) is 0 Å². The number of urea groups is 1. The number of carbonyl (C=O) groups is 1. The highest BCUT2D eigenvalue weighted by molar-refractivity contribution is 7.92. The van der Waals surface area contributed by atoms with E-state index in [2.05, 4.69) is 15.6 Å². The van der Waals surface area contributed by atoms with Gasteiger partial charge in [0.1, 0.15) is 5.75 Å². The Balaban J connectivity index is 1.47. The smallest absolute Gasteiger partial charge is 0.319 e. The number of aromatic nitrogens is 1. The van der Waals surface area contributed by atoms with Gasteiger partial charge in [-0.25, -0.2) is 13.2 Å². The van der Waals surface area contributed by atoms with Crippen LogP contribution in [0.3, 0.4) is 0 Å². The number of hydrogen-bond donors (Lipinski definition) is 4. The first-order chi connectivity index (χ1) is 16.8. The molecule has 1 aliphatic rings. The number of nitrogens with two attached hydrogens (primary N) is 1. The number of amides is 2. The van der Waals surface area contributed by atoms with E-state index >= 15 is 0 Å². The number of carbonyl (C=O) groups excluding carboxylic acids is 1. The number of sulfonamides is 1. The van der Waals surface area contributed by atoms with Crippen molar-refractivity contribution in [2.24, 2.45) is 0 Å². The first-order valence-corrected chi connectivity index (χ1v) is 12.9. The van der Waals surface area contributed by atoms with Crippen molar-refractivity contribution in [2.75, 3.05) is 21.9 Å². The number of nitrogens with one attached hydrogen (secondary N) is 2. The summed E-state index contributed by atoms with van der Waals surface area (Å²) in [4.78, 5) is 16.9. The van der Waals surface area contributed by atoms with Gasteiger partial charge in [-0.1, -0.05) is 18.2 Å². The van der Waals surface area contributed by atoms with Crippen molar-refractivity contribution < 1.29 is 23.7 Å². The molecule has 35 heavy (non-hydrogen) atoms. The summed E-state index contributed by atoms with van der Waals surface area (Å²) < 4.78 is 26.1. The maximum Gasteiger partial charge on any atom is 0.319 e. The fourth-order valence-corrected chi connectivity index (χ4v) is 5.67. The minimum atomic E-state index is -3.31. The molecule has 0 saturated carbocycles. The zero-order chi connectivity index (χ0) is 24.8. The number of para-hydroxylation sites is 1. The van der Waals surface area contributed by atoms with Crippen LogP contribution in [0.1, 0.15) is 36.4 Å². The molecule has 0 spiro atoms. The van der Waals surface area contributed by atoms with Gasteiger partial charge < -0.3 is 15.7 Å². The summed E-state index contributed by atoms with van der Waals surface area (Å²) in [6.45, 7) is 0.451. The van der Waals surface area contributed by atoms with Gasteiger partial charge in [-0.3, -0.25) is 14.7 Å². The Morgan fingerprint density at radius 1 is 1.09 bits per heavy atom. The molecule has 2 amide bonds. The molecular formula is C25H28N5O4S+. The molecule has 5 N–H and O–H groups in total. The van der Waals surface area contributed by atoms with E-state index in [0.29, 0.717) is 35.6 Å². The lowest BCUT2D eigenvalue weighted by Gasteiger charge is -2.28. The molecule has 0 radical (unpaired) electrons. The van der Waals surface area contributed by atoms with Crippen molar-refractivity contribution in [2.45, 2.75) is 25.3 Å². The molecule has 0 aliphatic carbocycles. The third-order valence-corrected chi connectivity index (χ3v) is 7.71. The number of phenols is 1. The average Bonchev–Trinajstić information content (AvgIpc) is 2.85. The standard InChI is InChI=1S/C25H27N5O4S/c26-22(18-6-5-13-27-17-18)16-23(21-7-1-2-8-24(21)31)29-25(32)28-19-9-11-20(12-10-19)30-14-3-4-15-35(30,33)34/h1-2,5-13,17,23,26,31H,3-4,14-16H2,(H2,28,29,32)/p+1. The zero-order valence-corrected chi connectivity index (χ0v) is 19.9. The van der Waals surface area contributed by atoms with Crippen molar-refractivity contribution in [3.8, 4) is 5.75 Å². The number of pyridine rings is 1. The molecule has 1 aliphatic heterocycles. The summed E-state index contributed by atoms with van der Waals surface area (Å²) in [5.41, 5.74) is 2.85. The van der Waals surface area contributed by atoms with Gasteiger partial charge in [0.2, 0.25) is 10.0 Å². The summed E-state index contributed by atoms with van der Waals surface area (Å²) in [5, 5.41) is 22.3. The first kappa shape index (κ1) is 24.2. The first-order valence-electron chi connectivity index (χ1n) is 11.3. The van der Waals surface area contributed by atoms with Crippen LogP contribution in [0.4, 0.5) is 16.2 Å². The lowest BCUT2D eigenvalue weighted by molar-refractivity contribution is -0.115. The molecule has 2 aromatic carbocycles. The minimum absolute atomic E-state index is 0.0453. The zero-order valence-electron chi connectivity index (χ0n) is 19.1. The van der Waals surface area contributed by atoms with Gasteiger partial charge in [-0.15, -0.1) is 0 Å². The lowest BCUT2D eigenvalue weighted by atomic mass is 9.97. The quantitative estimate of drug-likeness (QED) is 0.373. The Bertz CT molecular complexity index is 1300. The molecular weight excluding hydrogens is 466 g/mol. The van der Waals surface area contributed by atoms with Crippen LogP contribution in [0, 0.1) is 0 Å². The van der Waals surface area contributed by atoms with E-state index < -0.39 is 22.1 Å². The van der Waals surface area contributed by atoms with E-state index in [0.717, 1.165) is 12.0 Å². The summed E-state index contributed by atoms with van der Waals surface area (Å²) in [7, 11) is -3.31. The van der Waals surface area contributed by atoms with Gasteiger partial charge in [0.15, 0.2) is 5.71 Å². The molecule has 0 bridgehead atoms. The van der Waals surface area contributed by atoms with Crippen molar-refractivity contribution >= 4 is 33.1 Å². The van der Waals surface area contributed by atoms with Crippen molar-refractivity contribution in [3.05, 3.63) is 84.2 Å². The summed E-state index contributed by atoms with van der Waals surface area (Å²) in [6.07, 6.45) is 5.02. The van der Waals surface area contributed by atoms with Crippen LogP contribution in [-0.2, 0) is 10.0 Å². The predicted molar refractivity (Wildman–Crippen MR) is 135 cm³/mol. The van der Waals surface area contributed by atoms with Gasteiger partial charge in [0, 0.05) is 30.2 Å². The van der Waals surface area contributed by atoms with Crippen molar-refractivity contribution in [1.29, 1.82) is 0 Å². The number of aromatic hydroxyl groups is 1. The fourth-order valence-electron chi connectivity index (χ4n) is 4.03. The number of nitrogens with zero attached hydrogens (tertiary/aromatic N) is 2. The van der Waals surface area contributed by atoms with E-state index in [1.807, 2.05) is 6.07 Å². The Morgan fingerprint density at radius 2 is 1.86 bits per heavy atom. The van der Waals surface area contributed by atoms with Gasteiger partial charge >= 0.3 is 6.03 Å². The molecule has 1 saturated heterocycles. The van der Waals surface area contributed by atoms with Crippen LogP contribution in [0.25, 0.3) is 0 Å². The monoisotopic (exact) mass is 494 g/mol. The van der Waals surface area contributed by atoms with E-state index in [-0.39, 0.29) is 17.9 Å². The fraction of sp³-hybridized carbons (Fsp3) is 0.240. The summed E-state index contributed by atoms with van der Waals surface area (Å²) in [6, 6.07) is 15.9. The molecule has 1 atom stereocenters. The molecule has 1 unspecified atom stereocenters. The number of hydrogen-bond acceptors (Lipinski definition) is 5. The highest BCUT2D eigenvalue weighted by atomic mass is 32.2. The van der Waals surface area contributed by atoms with E-state index in [4.69, 9.17) is 5.41 Å². The second kappa shape index (κ2) is 10.6. The Kier molecular flexibility index (Phi) is 7.31. The maximum absolute atomic E-state index is 12.8. The topological polar surface area (TPSA) is 137 Å². The number of anilines is 2. The van der Waals surface area contributed by atoms with Crippen LogP contribution >= 0.6 is 0 Å². The Hall–Kier alpha value is -3.92. The van der Waals surface area contributed by atoms with Gasteiger partial charge in [0.05, 0.1) is 29.5 Å². The molecule has 2 heterocycles. The second-order valence-corrected chi connectivity index (χ2v) is 10.3. The van der Waals surface area contributed by atoms with Crippen molar-refractivity contribution in [1.82, 2.24) is 10.3 Å². The van der Waals surface area contributed by atoms with Gasteiger partial charge in [0.25, 0.3) is 0 Å². The summed E-state index contributed by atoms with van der Waals surface area (Å²) >= 11 is 0. The lowest BCUT2D eigenvalue weighted by Crippen LogP contribution is -2.44. The Morgan fingerprint density at radius 3 is 2.54 bits per heavy atom. The van der Waals surface area contributed by atoms with Crippen LogP contribution in [-0.4, -0.2) is 42.5 Å². The van der Waals surface area contributed by atoms with Crippen LogP contribution in [0.5, 0.6) is 5.75 Å². The number of phenolic OH excluding ortho intramolecular Hbond substituents is 1. The molecule has 1 fully saturated rings.